The first-order valence-corrected chi connectivity index (χ1v) is 16.5. The van der Waals surface area contributed by atoms with E-state index in [4.69, 9.17) is 0 Å². The Balaban J connectivity index is 1.74. The molecule has 6 heteroatoms. The van der Waals surface area contributed by atoms with Gasteiger partial charge in [-0.05, 0) is 99.9 Å². The first kappa shape index (κ1) is 32.9. The predicted octanol–water partition coefficient (Wildman–Crippen LogP) is 6.67. The van der Waals surface area contributed by atoms with Crippen molar-refractivity contribution in [3.8, 4) is 0 Å². The van der Waals surface area contributed by atoms with Gasteiger partial charge >= 0.3 is 0 Å². The molecule has 244 valence electrons. The minimum absolute atomic E-state index is 0.0835. The van der Waals surface area contributed by atoms with E-state index in [1.807, 2.05) is 0 Å². The third-order valence-electron chi connectivity index (χ3n) is 13.7. The Morgan fingerprint density at radius 2 is 0.795 bits per heavy atom. The fourth-order valence-electron chi connectivity index (χ4n) is 9.72. The fourth-order valence-corrected chi connectivity index (χ4v) is 9.72. The molecule has 1 fully saturated rings. The van der Waals surface area contributed by atoms with Crippen molar-refractivity contribution in [1.82, 2.24) is 0 Å². The third-order valence-corrected chi connectivity index (χ3v) is 13.7. The molecule has 0 saturated heterocycles. The average molecular weight is 605 g/mol. The average Bonchev–Trinajstić information content (AvgIpc) is 3.13. The Morgan fingerprint density at radius 3 is 1.05 bits per heavy atom. The van der Waals surface area contributed by atoms with Crippen molar-refractivity contribution < 1.29 is 10.2 Å². The molecule has 1 aliphatic carbocycles. The third kappa shape index (κ3) is 3.61. The molecule has 0 aromatic heterocycles. The van der Waals surface area contributed by atoms with Crippen molar-refractivity contribution in [2.75, 3.05) is 61.9 Å². The second kappa shape index (κ2) is 9.54. The summed E-state index contributed by atoms with van der Waals surface area (Å²) in [5.74, 6) is -0.748. The van der Waals surface area contributed by atoms with Crippen LogP contribution in [0.25, 0.3) is 0 Å². The summed E-state index contributed by atoms with van der Waals surface area (Å²) in [6.07, 6.45) is -1.42. The number of anilines is 4. The van der Waals surface area contributed by atoms with Crippen LogP contribution < -0.4 is 19.6 Å². The van der Waals surface area contributed by atoms with Crippen LogP contribution in [0.1, 0.15) is 112 Å². The fraction of sp³-hybridized carbons (Fsp3) is 0.684. The highest BCUT2D eigenvalue weighted by atomic mass is 16.3. The molecule has 2 aliphatic heterocycles. The van der Waals surface area contributed by atoms with Crippen molar-refractivity contribution >= 4 is 22.7 Å². The summed E-state index contributed by atoms with van der Waals surface area (Å²) in [6, 6.07) is 0. The molecule has 0 spiro atoms. The highest BCUT2D eigenvalue weighted by Gasteiger charge is 2.58. The van der Waals surface area contributed by atoms with Gasteiger partial charge in [-0.2, -0.15) is 0 Å². The quantitative estimate of drug-likeness (QED) is 0.407. The highest BCUT2D eigenvalue weighted by Crippen LogP contribution is 2.62. The Bertz CT molecular complexity index is 1420. The highest BCUT2D eigenvalue weighted by molar-refractivity contribution is 5.84. The van der Waals surface area contributed by atoms with Gasteiger partial charge in [0.15, 0.2) is 0 Å². The van der Waals surface area contributed by atoms with Gasteiger partial charge in [-0.15, -0.1) is 0 Å². The number of benzene rings is 2. The van der Waals surface area contributed by atoms with Crippen LogP contribution >= 0.6 is 0 Å². The van der Waals surface area contributed by atoms with Gasteiger partial charge in [0.05, 0.1) is 12.2 Å². The van der Waals surface area contributed by atoms with Crippen LogP contribution in [0.15, 0.2) is 0 Å². The zero-order valence-corrected chi connectivity index (χ0v) is 31.0. The molecule has 0 radical (unpaired) electrons. The lowest BCUT2D eigenvalue weighted by molar-refractivity contribution is -0.0786. The molecule has 6 nitrogen and oxygen atoms in total. The van der Waals surface area contributed by atoms with Crippen LogP contribution in [-0.2, 0) is 10.8 Å². The molecule has 2 aromatic carbocycles. The summed E-state index contributed by atoms with van der Waals surface area (Å²) in [5, 5.41) is 24.7. The van der Waals surface area contributed by atoms with E-state index in [9.17, 15) is 10.2 Å². The Kier molecular flexibility index (Phi) is 7.14. The molecule has 2 heterocycles. The van der Waals surface area contributed by atoms with E-state index in [-0.39, 0.29) is 33.7 Å². The van der Waals surface area contributed by atoms with Crippen LogP contribution in [0.3, 0.4) is 0 Å². The number of aliphatic hydroxyl groups is 2. The molecule has 0 bridgehead atoms. The van der Waals surface area contributed by atoms with Crippen LogP contribution in [0.2, 0.25) is 0 Å². The standard InChI is InChI=1S/C38H60N4O2/c1-19-23(29(39(13)14)21(3)31-27(19)35(5,6)37(9,10)41(31)17)25-33(43)26(34(25)44)24-20(2)28-32(22(4)30(24)40(15)16)42(18)38(11,12)36(28,7)8/h25-26,33-34,43-44H,1-18H3. The van der Waals surface area contributed by atoms with Crippen LogP contribution in [0.4, 0.5) is 22.7 Å². The van der Waals surface area contributed by atoms with Crippen molar-refractivity contribution in [2.24, 2.45) is 0 Å². The lowest BCUT2D eigenvalue weighted by Crippen LogP contribution is -2.53. The van der Waals surface area contributed by atoms with Gasteiger partial charge in [-0.3, -0.25) is 0 Å². The van der Waals surface area contributed by atoms with E-state index < -0.39 is 12.2 Å². The van der Waals surface area contributed by atoms with Gasteiger partial charge < -0.3 is 29.8 Å². The first-order chi connectivity index (χ1) is 19.9. The molecule has 3 aliphatic rings. The molecule has 2 N–H and O–H groups in total. The van der Waals surface area contributed by atoms with Crippen molar-refractivity contribution in [3.05, 3.63) is 44.5 Å². The van der Waals surface area contributed by atoms with Gasteiger partial charge in [0.25, 0.3) is 0 Å². The second-order valence-corrected chi connectivity index (χ2v) is 16.8. The van der Waals surface area contributed by atoms with Crippen molar-refractivity contribution in [3.63, 3.8) is 0 Å². The number of hydrogen-bond donors (Lipinski definition) is 2. The number of nitrogens with zero attached hydrogens (tertiary/aromatic N) is 4. The minimum atomic E-state index is -0.708. The van der Waals surface area contributed by atoms with Gasteiger partial charge in [-0.1, -0.05) is 27.7 Å². The van der Waals surface area contributed by atoms with Crippen molar-refractivity contribution in [1.29, 1.82) is 0 Å². The maximum absolute atomic E-state index is 12.3. The molecular formula is C38H60N4O2. The summed E-state index contributed by atoms with van der Waals surface area (Å²) in [6.45, 7) is 27.6. The number of hydrogen-bond acceptors (Lipinski definition) is 6. The van der Waals surface area contributed by atoms with Gasteiger partial charge in [0.1, 0.15) is 0 Å². The number of fused-ring (bicyclic) bond motifs is 2. The smallest absolute Gasteiger partial charge is 0.0729 e. The SMILES string of the molecule is Cc1c(N(C)C)c(C2C(O)C(c3c(C)c4c(c(C)c3N(C)C)N(C)C(C)(C)C4(C)C)C2O)c(C)c2c1N(C)C(C)(C)C2(C)C. The van der Waals surface area contributed by atoms with Gasteiger partial charge in [0.2, 0.25) is 0 Å². The summed E-state index contributed by atoms with van der Waals surface area (Å²) >= 11 is 0. The molecule has 0 unspecified atom stereocenters. The van der Waals surface area contributed by atoms with Crippen LogP contribution in [-0.4, -0.2) is 75.8 Å². The molecule has 0 atom stereocenters. The van der Waals surface area contributed by atoms with Crippen LogP contribution in [0.5, 0.6) is 0 Å². The summed E-state index contributed by atoms with van der Waals surface area (Å²) in [5.41, 5.74) is 14.2. The summed E-state index contributed by atoms with van der Waals surface area (Å²) < 4.78 is 0. The van der Waals surface area contributed by atoms with E-state index in [2.05, 4.69) is 145 Å². The van der Waals surface area contributed by atoms with Gasteiger partial charge in [-0.25, -0.2) is 0 Å². The largest absolute Gasteiger partial charge is 0.392 e. The zero-order valence-electron chi connectivity index (χ0n) is 31.0. The van der Waals surface area contributed by atoms with Crippen molar-refractivity contribution in [2.45, 2.75) is 129 Å². The number of aliphatic hydroxyl groups excluding tert-OH is 2. The maximum atomic E-state index is 12.3. The summed E-state index contributed by atoms with van der Waals surface area (Å²) in [7, 11) is 12.8. The lowest BCUT2D eigenvalue weighted by atomic mass is 9.59. The Morgan fingerprint density at radius 1 is 0.523 bits per heavy atom. The predicted molar refractivity (Wildman–Crippen MR) is 189 cm³/mol. The van der Waals surface area contributed by atoms with E-state index in [1.165, 1.54) is 44.8 Å². The topological polar surface area (TPSA) is 53.4 Å². The number of rotatable bonds is 4. The zero-order chi connectivity index (χ0) is 33.5. The van der Waals surface area contributed by atoms with E-state index in [0.717, 1.165) is 22.5 Å². The summed E-state index contributed by atoms with van der Waals surface area (Å²) in [4.78, 5) is 9.26. The Hall–Kier alpha value is -2.44. The van der Waals surface area contributed by atoms with Gasteiger partial charge in [0, 0.05) is 98.8 Å². The van der Waals surface area contributed by atoms with E-state index >= 15 is 0 Å². The second-order valence-electron chi connectivity index (χ2n) is 16.8. The lowest BCUT2D eigenvalue weighted by Gasteiger charge is -2.50. The van der Waals surface area contributed by atoms with Crippen LogP contribution in [0, 0.1) is 27.7 Å². The molecule has 1 saturated carbocycles. The Labute approximate surface area is 268 Å². The van der Waals surface area contributed by atoms with E-state index in [0.29, 0.717) is 0 Å². The molecule has 0 amide bonds. The molecule has 5 rings (SSSR count). The maximum Gasteiger partial charge on any atom is 0.0729 e. The molecule has 44 heavy (non-hydrogen) atoms. The minimum Gasteiger partial charge on any atom is -0.392 e. The molecule has 2 aromatic rings. The molecular weight excluding hydrogens is 544 g/mol. The normalized spacial score (nSPS) is 27.3. The monoisotopic (exact) mass is 604 g/mol. The first-order valence-electron chi connectivity index (χ1n) is 16.5. The number of likely N-dealkylation sites (N-methyl/N-ethyl adjacent to an activating group) is 2. The van der Waals surface area contributed by atoms with E-state index in [1.54, 1.807) is 0 Å².